The Hall–Kier alpha value is -7.88. The van der Waals surface area contributed by atoms with E-state index in [-0.39, 0.29) is 0 Å². The Morgan fingerprint density at radius 3 is 1.86 bits per heavy atom. The van der Waals surface area contributed by atoms with E-state index < -0.39 is 0 Å². The van der Waals surface area contributed by atoms with E-state index in [2.05, 4.69) is 216 Å². The minimum atomic E-state index is 0.884. The Balaban J connectivity index is 1.06. The van der Waals surface area contributed by atoms with Crippen molar-refractivity contribution >= 4 is 82.4 Å². The van der Waals surface area contributed by atoms with Gasteiger partial charge in [-0.3, -0.25) is 0 Å². The third-order valence-electron chi connectivity index (χ3n) is 12.0. The predicted molar refractivity (Wildman–Crippen MR) is 249 cm³/mol. The molecule has 3 heteroatoms. The maximum atomic E-state index is 6.39. The molecule has 0 fully saturated rings. The molecule has 3 nitrogen and oxygen atoms in total. The quantitative estimate of drug-likeness (QED) is 0.169. The highest BCUT2D eigenvalue weighted by atomic mass is 16.3. The topological polar surface area (TPSA) is 21.3 Å². The van der Waals surface area contributed by atoms with Crippen molar-refractivity contribution in [1.82, 2.24) is 4.57 Å². The summed E-state index contributed by atoms with van der Waals surface area (Å²) in [5.41, 5.74) is 13.2. The highest BCUT2D eigenvalue weighted by molar-refractivity contribution is 6.12. The summed E-state index contributed by atoms with van der Waals surface area (Å²) in [5, 5.41) is 9.52. The van der Waals surface area contributed by atoms with Gasteiger partial charge in [-0.05, 0) is 87.4 Å². The Kier molecular flexibility index (Phi) is 7.54. The lowest BCUT2D eigenvalue weighted by Crippen LogP contribution is -2.12. The van der Waals surface area contributed by atoms with Crippen LogP contribution in [0.5, 0.6) is 0 Å². The second-order valence-electron chi connectivity index (χ2n) is 15.3. The van der Waals surface area contributed by atoms with Crippen molar-refractivity contribution in [3.8, 4) is 27.9 Å². The normalized spacial score (nSPS) is 11.7. The molecule has 0 saturated carbocycles. The van der Waals surface area contributed by atoms with Crippen LogP contribution >= 0.6 is 0 Å². The summed E-state index contributed by atoms with van der Waals surface area (Å²) in [5.74, 6) is 0. The molecule has 0 unspecified atom stereocenters. The second kappa shape index (κ2) is 13.4. The molecule has 0 spiro atoms. The van der Waals surface area contributed by atoms with Crippen LogP contribution in [-0.2, 0) is 0 Å². The van der Waals surface area contributed by atoms with Gasteiger partial charge in [-0.15, -0.1) is 0 Å². The highest BCUT2D eigenvalue weighted by Crippen LogP contribution is 2.46. The number of para-hydroxylation sites is 3. The Bertz CT molecular complexity index is 3580. The van der Waals surface area contributed by atoms with Gasteiger partial charge in [0.1, 0.15) is 11.2 Å². The van der Waals surface area contributed by atoms with Crippen LogP contribution in [0.25, 0.3) is 93.2 Å². The second-order valence-corrected chi connectivity index (χ2v) is 15.3. The van der Waals surface area contributed by atoms with Crippen molar-refractivity contribution in [3.05, 3.63) is 218 Å². The smallest absolute Gasteiger partial charge is 0.137 e. The lowest BCUT2D eigenvalue weighted by molar-refractivity contribution is 0.668. The van der Waals surface area contributed by atoms with Crippen molar-refractivity contribution in [2.45, 2.75) is 0 Å². The number of benzene rings is 10. The number of nitrogens with zero attached hydrogens (tertiary/aromatic N) is 2. The summed E-state index contributed by atoms with van der Waals surface area (Å²) in [4.78, 5) is 2.44. The summed E-state index contributed by atoms with van der Waals surface area (Å²) in [6.45, 7) is 0. The molecule has 0 radical (unpaired) electrons. The number of rotatable bonds is 6. The molecule has 12 aromatic rings. The Morgan fingerprint density at radius 1 is 0.339 bits per heavy atom. The molecule has 0 aliphatic carbocycles. The van der Waals surface area contributed by atoms with Crippen molar-refractivity contribution in [2.75, 3.05) is 4.90 Å². The average molecular weight is 753 g/mol. The fraction of sp³-hybridized carbons (Fsp3) is 0. The first-order valence-corrected chi connectivity index (χ1v) is 20.2. The van der Waals surface area contributed by atoms with Crippen molar-refractivity contribution in [2.24, 2.45) is 0 Å². The molecule has 0 saturated heterocycles. The van der Waals surface area contributed by atoms with Crippen molar-refractivity contribution in [3.63, 3.8) is 0 Å². The van der Waals surface area contributed by atoms with Gasteiger partial charge < -0.3 is 13.9 Å². The number of hydrogen-bond acceptors (Lipinski definition) is 2. The molecule has 10 aromatic carbocycles. The van der Waals surface area contributed by atoms with Gasteiger partial charge in [-0.1, -0.05) is 158 Å². The molecule has 0 amide bonds. The lowest BCUT2D eigenvalue weighted by atomic mass is 9.92. The number of hydrogen-bond donors (Lipinski definition) is 0. The zero-order valence-electron chi connectivity index (χ0n) is 32.1. The van der Waals surface area contributed by atoms with Gasteiger partial charge in [-0.2, -0.15) is 0 Å². The third-order valence-corrected chi connectivity index (χ3v) is 12.0. The minimum absolute atomic E-state index is 0.884. The van der Waals surface area contributed by atoms with Gasteiger partial charge in [0.05, 0.1) is 22.4 Å². The van der Waals surface area contributed by atoms with Crippen LogP contribution in [0.2, 0.25) is 0 Å². The molecule has 0 aliphatic heterocycles. The standard InChI is InChI=1S/C56H36N2O/c1-2-16-39-34-41(30-28-37(39)14-1)57(51-26-13-17-38-15-3-4-19-44(38)51)52-24-10-7-21-46(52)45-20-6-5-18-43(45)40-29-32-48-47-22-8-11-25-53(47)58(54(48)35-40)42-31-33-50-49-23-9-12-27-55(49)59-56(50)36-42/h1-36H. The van der Waals surface area contributed by atoms with E-state index in [9.17, 15) is 0 Å². The zero-order valence-corrected chi connectivity index (χ0v) is 32.1. The van der Waals surface area contributed by atoms with E-state index in [1.165, 1.54) is 43.4 Å². The van der Waals surface area contributed by atoms with Crippen LogP contribution < -0.4 is 4.90 Å². The van der Waals surface area contributed by atoms with Crippen LogP contribution in [0.3, 0.4) is 0 Å². The molecule has 0 bridgehead atoms. The van der Waals surface area contributed by atoms with Crippen molar-refractivity contribution < 1.29 is 4.42 Å². The van der Waals surface area contributed by atoms with Gasteiger partial charge in [0.2, 0.25) is 0 Å². The van der Waals surface area contributed by atoms with Gasteiger partial charge >= 0.3 is 0 Å². The van der Waals surface area contributed by atoms with Gasteiger partial charge in [-0.25, -0.2) is 0 Å². The fourth-order valence-electron chi connectivity index (χ4n) is 9.26. The number of anilines is 3. The van der Waals surface area contributed by atoms with E-state index in [1.54, 1.807) is 0 Å². The summed E-state index contributed by atoms with van der Waals surface area (Å²) < 4.78 is 8.78. The van der Waals surface area contributed by atoms with Crippen LogP contribution in [0.1, 0.15) is 0 Å². The van der Waals surface area contributed by atoms with E-state index >= 15 is 0 Å². The van der Waals surface area contributed by atoms with Crippen LogP contribution in [0.4, 0.5) is 17.1 Å². The molecule has 2 aromatic heterocycles. The van der Waals surface area contributed by atoms with Crippen LogP contribution in [-0.4, -0.2) is 4.57 Å². The molecule has 2 heterocycles. The summed E-state index contributed by atoms with van der Waals surface area (Å²) in [7, 11) is 0. The first-order chi connectivity index (χ1) is 29.3. The number of furan rings is 1. The van der Waals surface area contributed by atoms with E-state index in [4.69, 9.17) is 4.42 Å². The maximum Gasteiger partial charge on any atom is 0.137 e. The van der Waals surface area contributed by atoms with Gasteiger partial charge in [0.25, 0.3) is 0 Å². The highest BCUT2D eigenvalue weighted by Gasteiger charge is 2.22. The fourth-order valence-corrected chi connectivity index (χ4v) is 9.26. The molecule has 0 atom stereocenters. The summed E-state index contributed by atoms with van der Waals surface area (Å²) >= 11 is 0. The van der Waals surface area contributed by atoms with E-state index in [0.717, 1.165) is 66.8 Å². The molecular formula is C56H36N2O. The largest absolute Gasteiger partial charge is 0.456 e. The number of fused-ring (bicyclic) bond motifs is 8. The minimum Gasteiger partial charge on any atom is -0.456 e. The van der Waals surface area contributed by atoms with Gasteiger partial charge in [0.15, 0.2) is 0 Å². The van der Waals surface area contributed by atoms with E-state index in [0.29, 0.717) is 0 Å². The molecule has 12 rings (SSSR count). The Labute approximate surface area is 341 Å². The summed E-state index contributed by atoms with van der Waals surface area (Å²) in [6.07, 6.45) is 0. The number of aromatic nitrogens is 1. The van der Waals surface area contributed by atoms with Crippen molar-refractivity contribution in [1.29, 1.82) is 0 Å². The molecule has 59 heavy (non-hydrogen) atoms. The predicted octanol–water partition coefficient (Wildman–Crippen LogP) is 15.8. The van der Waals surface area contributed by atoms with Crippen LogP contribution in [0.15, 0.2) is 223 Å². The maximum absolute atomic E-state index is 6.39. The first-order valence-electron chi connectivity index (χ1n) is 20.2. The Morgan fingerprint density at radius 2 is 0.966 bits per heavy atom. The average Bonchev–Trinajstić information content (AvgIpc) is 3.84. The SMILES string of the molecule is c1ccc(-c2ccccc2N(c2ccc3ccccc3c2)c2cccc3ccccc23)c(-c2ccc3c4ccccc4n(-c4ccc5c(c4)oc4ccccc45)c3c2)c1. The molecule has 0 aliphatic rings. The molecular weight excluding hydrogens is 717 g/mol. The lowest BCUT2D eigenvalue weighted by Gasteiger charge is -2.29. The van der Waals surface area contributed by atoms with Gasteiger partial charge in [0, 0.05) is 49.9 Å². The first kappa shape index (κ1) is 33.3. The molecule has 0 N–H and O–H groups in total. The monoisotopic (exact) mass is 752 g/mol. The molecule has 276 valence electrons. The third kappa shape index (κ3) is 5.36. The van der Waals surface area contributed by atoms with E-state index in [1.807, 2.05) is 12.1 Å². The summed E-state index contributed by atoms with van der Waals surface area (Å²) in [6, 6.07) is 78.9. The zero-order chi connectivity index (χ0) is 38.9. The van der Waals surface area contributed by atoms with Crippen LogP contribution in [0, 0.1) is 0 Å².